The molecule has 1 rings (SSSR count). The van der Waals surface area contributed by atoms with Crippen molar-refractivity contribution in [2.75, 3.05) is 13.1 Å². The fourth-order valence-electron chi connectivity index (χ4n) is 3.66. The molecule has 4 N–H and O–H groups in total. The quantitative estimate of drug-likeness (QED) is 0.271. The van der Waals surface area contributed by atoms with E-state index in [1.165, 1.54) is 0 Å². The minimum atomic E-state index is -1.24. The van der Waals surface area contributed by atoms with Crippen molar-refractivity contribution in [3.63, 3.8) is 0 Å². The highest BCUT2D eigenvalue weighted by Crippen LogP contribution is 2.25. The largest absolute Gasteiger partial charge is 0.444 e. The van der Waals surface area contributed by atoms with Crippen molar-refractivity contribution >= 4 is 23.8 Å². The van der Waals surface area contributed by atoms with E-state index in [4.69, 9.17) is 10.5 Å². The van der Waals surface area contributed by atoms with Gasteiger partial charge < -0.3 is 26.0 Å². The van der Waals surface area contributed by atoms with Crippen LogP contribution in [0.5, 0.6) is 0 Å². The molecule has 0 aliphatic rings. The van der Waals surface area contributed by atoms with E-state index in [2.05, 4.69) is 17.6 Å². The second-order valence-corrected chi connectivity index (χ2v) is 10.1. The van der Waals surface area contributed by atoms with Crippen LogP contribution >= 0.6 is 0 Å². The van der Waals surface area contributed by atoms with Gasteiger partial charge in [0.2, 0.25) is 17.7 Å². The van der Waals surface area contributed by atoms with Crippen molar-refractivity contribution in [1.82, 2.24) is 15.5 Å². The number of nitrogens with two attached hydrogens (primary N) is 1. The fraction of sp³-hybridized carbons (Fsp3) is 0.593. The first-order valence-electron chi connectivity index (χ1n) is 12.6. The second-order valence-electron chi connectivity index (χ2n) is 10.1. The van der Waals surface area contributed by atoms with Gasteiger partial charge in [-0.1, -0.05) is 38.0 Å². The Hall–Kier alpha value is -3.61. The number of nitrogens with one attached hydrogen (secondary N) is 2. The van der Waals surface area contributed by atoms with Crippen LogP contribution in [0, 0.1) is 25.2 Å². The number of rotatable bonds is 13. The Kier molecular flexibility index (Phi) is 12.6. The van der Waals surface area contributed by atoms with Gasteiger partial charge in [0.25, 0.3) is 0 Å². The summed E-state index contributed by atoms with van der Waals surface area (Å²) in [7, 11) is 0. The Morgan fingerprint density at radius 3 is 2.35 bits per heavy atom. The molecule has 0 aromatic heterocycles. The van der Waals surface area contributed by atoms with Gasteiger partial charge in [-0.15, -0.1) is 0 Å². The molecule has 0 radical (unpaired) electrons. The van der Waals surface area contributed by atoms with E-state index in [-0.39, 0.29) is 12.8 Å². The normalized spacial score (nSPS) is 12.6. The highest BCUT2D eigenvalue weighted by atomic mass is 16.6. The van der Waals surface area contributed by atoms with Crippen molar-refractivity contribution in [1.29, 1.82) is 5.26 Å². The highest BCUT2D eigenvalue weighted by Gasteiger charge is 2.36. The second kappa shape index (κ2) is 14.8. The predicted molar refractivity (Wildman–Crippen MR) is 140 cm³/mol. The minimum Gasteiger partial charge on any atom is -0.444 e. The molecule has 0 saturated heterocycles. The molecule has 2 unspecified atom stereocenters. The van der Waals surface area contributed by atoms with E-state index in [9.17, 15) is 24.4 Å². The van der Waals surface area contributed by atoms with E-state index < -0.39 is 48.0 Å². The summed E-state index contributed by atoms with van der Waals surface area (Å²) < 4.78 is 5.28. The maximum absolute atomic E-state index is 13.8. The summed E-state index contributed by atoms with van der Waals surface area (Å²) in [6.07, 6.45) is 1.52. The number of hydrogen-bond acceptors (Lipinski definition) is 6. The summed E-state index contributed by atoms with van der Waals surface area (Å²) in [5.41, 5.74) is 6.93. The van der Waals surface area contributed by atoms with Crippen molar-refractivity contribution < 1.29 is 23.9 Å². The Balaban J connectivity index is 3.43. The monoisotopic (exact) mass is 515 g/mol. The first-order valence-corrected chi connectivity index (χ1v) is 12.6. The number of ether oxygens (including phenoxy) is 1. The van der Waals surface area contributed by atoms with E-state index >= 15 is 0 Å². The van der Waals surface area contributed by atoms with Crippen LogP contribution in [0.1, 0.15) is 82.5 Å². The topological polar surface area (TPSA) is 155 Å². The third-order valence-electron chi connectivity index (χ3n) is 5.68. The zero-order chi connectivity index (χ0) is 28.2. The van der Waals surface area contributed by atoms with Crippen molar-refractivity contribution in [2.45, 2.75) is 91.3 Å². The molecular formula is C27H41N5O5. The summed E-state index contributed by atoms with van der Waals surface area (Å²) in [6.45, 7) is 10.9. The molecule has 10 heteroatoms. The molecule has 0 heterocycles. The molecule has 10 nitrogen and oxygen atoms in total. The molecule has 204 valence electrons. The zero-order valence-electron chi connectivity index (χ0n) is 22.8. The molecule has 0 aliphatic carbocycles. The van der Waals surface area contributed by atoms with Crippen molar-refractivity contribution in [3.05, 3.63) is 34.9 Å². The van der Waals surface area contributed by atoms with Gasteiger partial charge >= 0.3 is 6.09 Å². The number of nitriles is 1. The van der Waals surface area contributed by atoms with Gasteiger partial charge in [0.05, 0.1) is 6.07 Å². The maximum Gasteiger partial charge on any atom is 0.408 e. The van der Waals surface area contributed by atoms with Crippen molar-refractivity contribution in [2.24, 2.45) is 5.73 Å². The number of hydrogen-bond donors (Lipinski definition) is 3. The lowest BCUT2D eigenvalue weighted by molar-refractivity contribution is -0.142. The molecule has 0 bridgehead atoms. The molecule has 0 aliphatic heterocycles. The number of carbonyl (C=O) groups is 4. The van der Waals surface area contributed by atoms with Crippen LogP contribution in [-0.4, -0.2) is 53.4 Å². The highest BCUT2D eigenvalue weighted by molar-refractivity contribution is 5.92. The number of aryl methyl sites for hydroxylation is 2. The predicted octanol–water partition coefficient (Wildman–Crippen LogP) is 3.16. The van der Waals surface area contributed by atoms with Gasteiger partial charge in [-0.2, -0.15) is 5.26 Å². The number of primary amides is 1. The number of unbranched alkanes of at least 4 members (excludes halogenated alkanes) is 2. The molecule has 1 aromatic rings. The van der Waals surface area contributed by atoms with Crippen LogP contribution in [0.25, 0.3) is 0 Å². The lowest BCUT2D eigenvalue weighted by Gasteiger charge is -2.33. The Bertz CT molecular complexity index is 996. The zero-order valence-corrected chi connectivity index (χ0v) is 22.8. The molecule has 0 fully saturated rings. The van der Waals surface area contributed by atoms with Gasteiger partial charge in [0, 0.05) is 13.0 Å². The lowest BCUT2D eigenvalue weighted by Crippen LogP contribution is -2.53. The molecule has 2 atom stereocenters. The number of benzene rings is 1. The maximum atomic E-state index is 13.8. The molecule has 37 heavy (non-hydrogen) atoms. The van der Waals surface area contributed by atoms with Crippen LogP contribution in [0.3, 0.4) is 0 Å². The SMILES string of the molecule is CCCCCNC(=O)C(c1ccc(C)c(C)c1)N(CC#N)C(=O)C(CCC(N)=O)NC(=O)OC(C)(C)C. The van der Waals surface area contributed by atoms with E-state index in [1.54, 1.807) is 26.8 Å². The summed E-state index contributed by atoms with van der Waals surface area (Å²) in [5, 5.41) is 14.9. The van der Waals surface area contributed by atoms with Crippen molar-refractivity contribution in [3.8, 4) is 6.07 Å². The summed E-state index contributed by atoms with van der Waals surface area (Å²) in [4.78, 5) is 52.3. The van der Waals surface area contributed by atoms with Gasteiger partial charge in [0.1, 0.15) is 24.2 Å². The summed E-state index contributed by atoms with van der Waals surface area (Å²) in [5.74, 6) is -1.79. The van der Waals surface area contributed by atoms with Gasteiger partial charge in [-0.05, 0) is 64.2 Å². The molecule has 0 spiro atoms. The average Bonchev–Trinajstić information content (AvgIpc) is 2.79. The fourth-order valence-corrected chi connectivity index (χ4v) is 3.66. The third-order valence-corrected chi connectivity index (χ3v) is 5.68. The third kappa shape index (κ3) is 10.9. The van der Waals surface area contributed by atoms with Crippen LogP contribution < -0.4 is 16.4 Å². The lowest BCUT2D eigenvalue weighted by atomic mass is 9.98. The average molecular weight is 516 g/mol. The first kappa shape index (κ1) is 31.4. The van der Waals surface area contributed by atoms with Gasteiger partial charge in [-0.3, -0.25) is 14.4 Å². The first-order chi connectivity index (χ1) is 17.3. The molecular weight excluding hydrogens is 474 g/mol. The molecule has 1 aromatic carbocycles. The Labute approximate surface area is 219 Å². The van der Waals surface area contributed by atoms with E-state index in [0.717, 1.165) is 35.3 Å². The minimum absolute atomic E-state index is 0.118. The van der Waals surface area contributed by atoms with Gasteiger partial charge in [0.15, 0.2) is 0 Å². The van der Waals surface area contributed by atoms with Gasteiger partial charge in [-0.25, -0.2) is 4.79 Å². The summed E-state index contributed by atoms with van der Waals surface area (Å²) in [6, 6.07) is 5.00. The number of alkyl carbamates (subject to hydrolysis) is 1. The number of carbonyl (C=O) groups excluding carboxylic acids is 4. The van der Waals surface area contributed by atoms with Crippen LogP contribution in [-0.2, 0) is 19.1 Å². The van der Waals surface area contributed by atoms with E-state index in [0.29, 0.717) is 12.1 Å². The molecule has 0 saturated carbocycles. The van der Waals surface area contributed by atoms with Crippen LogP contribution in [0.15, 0.2) is 18.2 Å². The number of nitrogens with zero attached hydrogens (tertiary/aromatic N) is 2. The number of amides is 4. The van der Waals surface area contributed by atoms with Crippen LogP contribution in [0.4, 0.5) is 4.79 Å². The molecule has 4 amide bonds. The van der Waals surface area contributed by atoms with E-state index in [1.807, 2.05) is 32.0 Å². The summed E-state index contributed by atoms with van der Waals surface area (Å²) >= 11 is 0. The Morgan fingerprint density at radius 2 is 1.81 bits per heavy atom. The van der Waals surface area contributed by atoms with Crippen LogP contribution in [0.2, 0.25) is 0 Å². The Morgan fingerprint density at radius 1 is 1.14 bits per heavy atom. The standard InChI is InChI=1S/C27H41N5O5/c1-7-8-9-15-30-24(34)23(20-11-10-18(2)19(3)17-20)32(16-14-28)25(35)21(12-13-22(29)33)31-26(36)37-27(4,5)6/h10-11,17,21,23H,7-9,12-13,15-16H2,1-6H3,(H2,29,33)(H,30,34)(H,31,36). The smallest absolute Gasteiger partial charge is 0.408 e.